The molecule has 4 heteroatoms. The molecule has 1 atom stereocenters. The topological polar surface area (TPSA) is 45.2 Å². The first-order valence-electron chi connectivity index (χ1n) is 6.76. The average Bonchev–Trinajstić information content (AvgIpc) is 2.88. The smallest absolute Gasteiger partial charge is 0.210 e. The van der Waals surface area contributed by atoms with Crippen LogP contribution in [0.3, 0.4) is 0 Å². The van der Waals surface area contributed by atoms with Crippen LogP contribution in [0.2, 0.25) is 0 Å². The Labute approximate surface area is 108 Å². The molecule has 1 aromatic rings. The molecule has 1 N–H and O–H groups in total. The van der Waals surface area contributed by atoms with Crippen molar-refractivity contribution < 1.29 is 4.79 Å². The first-order chi connectivity index (χ1) is 8.86. The van der Waals surface area contributed by atoms with Gasteiger partial charge in [0, 0.05) is 24.8 Å². The van der Waals surface area contributed by atoms with E-state index in [4.69, 9.17) is 0 Å². The Morgan fingerprint density at radius 1 is 1.61 bits per heavy atom. The Hall–Kier alpha value is -1.58. The number of hydrogen-bond acceptors (Lipinski definition) is 3. The maximum atomic E-state index is 11.0. The molecular weight excluding hydrogens is 226 g/mol. The van der Waals surface area contributed by atoms with Gasteiger partial charge in [0.2, 0.25) is 6.41 Å². The number of nitrogens with zero attached hydrogens (tertiary/aromatic N) is 2. The summed E-state index contributed by atoms with van der Waals surface area (Å²) in [7, 11) is 0. The predicted octanol–water partition coefficient (Wildman–Crippen LogP) is 2.59. The van der Waals surface area contributed by atoms with Crippen molar-refractivity contribution in [3.8, 4) is 0 Å². The number of anilines is 1. The van der Waals surface area contributed by atoms with E-state index in [2.05, 4.69) is 23.3 Å². The number of nitrogens with one attached hydrogen (secondary N) is 1. The minimum absolute atomic E-state index is 0.195. The summed E-state index contributed by atoms with van der Waals surface area (Å²) < 4.78 is 0. The molecule has 1 fully saturated rings. The van der Waals surface area contributed by atoms with E-state index in [1.807, 2.05) is 11.0 Å². The standard InChI is InChI=1S/C14H21N3O/c1-2-3-8-15-14-12(6-4-9-16-14)13-7-5-10-17(13)11-18/h4,6,9,11,13H,2-3,5,7-8,10H2,1H3,(H,15,16)/t13-/m0/s1. The third kappa shape index (κ3) is 2.81. The second-order valence-corrected chi connectivity index (χ2v) is 4.72. The molecule has 18 heavy (non-hydrogen) atoms. The van der Waals surface area contributed by atoms with Gasteiger partial charge in [-0.15, -0.1) is 0 Å². The van der Waals surface area contributed by atoms with E-state index in [9.17, 15) is 4.79 Å². The fraction of sp³-hybridized carbons (Fsp3) is 0.571. The summed E-state index contributed by atoms with van der Waals surface area (Å²) in [6.07, 6.45) is 7.18. The molecule has 2 rings (SSSR count). The van der Waals surface area contributed by atoms with Crippen LogP contribution in [0.4, 0.5) is 5.82 Å². The van der Waals surface area contributed by atoms with Crippen LogP contribution >= 0.6 is 0 Å². The minimum atomic E-state index is 0.195. The molecule has 1 aliphatic rings. The highest BCUT2D eigenvalue weighted by molar-refractivity contribution is 5.53. The van der Waals surface area contributed by atoms with Crippen molar-refractivity contribution >= 4 is 12.2 Å². The number of hydrogen-bond donors (Lipinski definition) is 1. The number of carbonyl (C=O) groups is 1. The van der Waals surface area contributed by atoms with Crippen LogP contribution in [0.25, 0.3) is 0 Å². The van der Waals surface area contributed by atoms with Gasteiger partial charge in [-0.2, -0.15) is 0 Å². The number of aromatic nitrogens is 1. The fourth-order valence-electron chi connectivity index (χ4n) is 2.47. The zero-order chi connectivity index (χ0) is 12.8. The highest BCUT2D eigenvalue weighted by atomic mass is 16.1. The van der Waals surface area contributed by atoms with Crippen molar-refractivity contribution in [2.75, 3.05) is 18.4 Å². The molecule has 0 radical (unpaired) electrons. The number of likely N-dealkylation sites (tertiary alicyclic amines) is 1. The Morgan fingerprint density at radius 2 is 2.50 bits per heavy atom. The summed E-state index contributed by atoms with van der Waals surface area (Å²) in [5.74, 6) is 0.935. The number of amides is 1. The maximum Gasteiger partial charge on any atom is 0.210 e. The third-order valence-corrected chi connectivity index (χ3v) is 3.45. The van der Waals surface area contributed by atoms with Crippen molar-refractivity contribution in [3.63, 3.8) is 0 Å². The molecule has 0 bridgehead atoms. The first-order valence-corrected chi connectivity index (χ1v) is 6.76. The van der Waals surface area contributed by atoms with E-state index in [0.29, 0.717) is 0 Å². The summed E-state index contributed by atoms with van der Waals surface area (Å²) in [5, 5.41) is 3.38. The Balaban J connectivity index is 2.13. The third-order valence-electron chi connectivity index (χ3n) is 3.45. The predicted molar refractivity (Wildman–Crippen MR) is 72.4 cm³/mol. The van der Waals surface area contributed by atoms with E-state index >= 15 is 0 Å². The molecular formula is C14H21N3O. The molecule has 98 valence electrons. The van der Waals surface area contributed by atoms with Crippen molar-refractivity contribution in [3.05, 3.63) is 23.9 Å². The van der Waals surface area contributed by atoms with Gasteiger partial charge in [0.05, 0.1) is 6.04 Å². The summed E-state index contributed by atoms with van der Waals surface area (Å²) in [4.78, 5) is 17.3. The quantitative estimate of drug-likeness (QED) is 0.621. The largest absolute Gasteiger partial charge is 0.370 e. The van der Waals surface area contributed by atoms with E-state index in [0.717, 1.165) is 50.1 Å². The second-order valence-electron chi connectivity index (χ2n) is 4.72. The van der Waals surface area contributed by atoms with Crippen LogP contribution in [0.1, 0.15) is 44.2 Å². The minimum Gasteiger partial charge on any atom is -0.370 e. The van der Waals surface area contributed by atoms with Gasteiger partial charge in [-0.3, -0.25) is 4.79 Å². The Kier molecular flexibility index (Phi) is 4.56. The van der Waals surface area contributed by atoms with Gasteiger partial charge in [0.25, 0.3) is 0 Å². The number of pyridine rings is 1. The van der Waals surface area contributed by atoms with Crippen LogP contribution in [-0.2, 0) is 4.79 Å². The molecule has 0 aliphatic carbocycles. The number of rotatable bonds is 6. The summed E-state index contributed by atoms with van der Waals surface area (Å²) in [6.45, 7) is 3.97. The lowest BCUT2D eigenvalue weighted by atomic mass is 10.1. The Morgan fingerprint density at radius 3 is 3.28 bits per heavy atom. The molecule has 0 spiro atoms. The van der Waals surface area contributed by atoms with E-state index in [1.165, 1.54) is 6.42 Å². The van der Waals surface area contributed by atoms with Gasteiger partial charge in [-0.25, -0.2) is 4.98 Å². The van der Waals surface area contributed by atoms with Crippen molar-refractivity contribution in [1.29, 1.82) is 0 Å². The average molecular weight is 247 g/mol. The maximum absolute atomic E-state index is 11.0. The first kappa shape index (κ1) is 12.9. The fourth-order valence-corrected chi connectivity index (χ4v) is 2.47. The molecule has 1 aromatic heterocycles. The van der Waals surface area contributed by atoms with Crippen molar-refractivity contribution in [2.45, 2.75) is 38.6 Å². The van der Waals surface area contributed by atoms with Gasteiger partial charge in [-0.05, 0) is 25.3 Å². The second kappa shape index (κ2) is 6.38. The molecule has 1 amide bonds. The summed E-state index contributed by atoms with van der Waals surface area (Å²) >= 11 is 0. The summed E-state index contributed by atoms with van der Waals surface area (Å²) in [5.41, 5.74) is 1.15. The van der Waals surface area contributed by atoms with Crippen molar-refractivity contribution in [1.82, 2.24) is 9.88 Å². The monoisotopic (exact) mass is 247 g/mol. The van der Waals surface area contributed by atoms with Crippen LogP contribution < -0.4 is 5.32 Å². The SMILES string of the molecule is CCCCNc1ncccc1[C@@H]1CCCN1C=O. The van der Waals surface area contributed by atoms with Gasteiger partial charge in [-0.1, -0.05) is 19.4 Å². The van der Waals surface area contributed by atoms with Crippen LogP contribution in [0.5, 0.6) is 0 Å². The molecule has 0 aromatic carbocycles. The number of carbonyl (C=O) groups excluding carboxylic acids is 1. The van der Waals surface area contributed by atoms with E-state index in [1.54, 1.807) is 6.20 Å². The zero-order valence-electron chi connectivity index (χ0n) is 10.9. The van der Waals surface area contributed by atoms with E-state index in [-0.39, 0.29) is 6.04 Å². The highest BCUT2D eigenvalue weighted by Crippen LogP contribution is 2.33. The lowest BCUT2D eigenvalue weighted by Crippen LogP contribution is -2.22. The van der Waals surface area contributed by atoms with Gasteiger partial charge in [0.1, 0.15) is 5.82 Å². The lowest BCUT2D eigenvalue weighted by Gasteiger charge is -2.22. The van der Waals surface area contributed by atoms with E-state index < -0.39 is 0 Å². The van der Waals surface area contributed by atoms with Gasteiger partial charge in [0.15, 0.2) is 0 Å². The zero-order valence-corrected chi connectivity index (χ0v) is 10.9. The molecule has 0 unspecified atom stereocenters. The molecule has 0 saturated carbocycles. The van der Waals surface area contributed by atoms with Gasteiger partial charge >= 0.3 is 0 Å². The normalized spacial score (nSPS) is 18.9. The summed E-state index contributed by atoms with van der Waals surface area (Å²) in [6, 6.07) is 4.22. The van der Waals surface area contributed by atoms with Crippen LogP contribution in [0.15, 0.2) is 18.3 Å². The molecule has 4 nitrogen and oxygen atoms in total. The van der Waals surface area contributed by atoms with Crippen LogP contribution in [-0.4, -0.2) is 29.4 Å². The lowest BCUT2D eigenvalue weighted by molar-refractivity contribution is -0.118. The molecule has 1 saturated heterocycles. The van der Waals surface area contributed by atoms with Gasteiger partial charge < -0.3 is 10.2 Å². The van der Waals surface area contributed by atoms with Crippen molar-refractivity contribution in [2.24, 2.45) is 0 Å². The molecule has 2 heterocycles. The highest BCUT2D eigenvalue weighted by Gasteiger charge is 2.26. The molecule has 1 aliphatic heterocycles. The number of unbranched alkanes of at least 4 members (excludes halogenated alkanes) is 1. The van der Waals surface area contributed by atoms with Crippen LogP contribution in [0, 0.1) is 0 Å². The Bertz CT molecular complexity index is 394.